The topological polar surface area (TPSA) is 117 Å². The molecular formula is C19H25ClN6O4. The van der Waals surface area contributed by atoms with E-state index in [-0.39, 0.29) is 24.3 Å². The van der Waals surface area contributed by atoms with Gasteiger partial charge in [-0.25, -0.2) is 4.79 Å². The molecule has 30 heavy (non-hydrogen) atoms. The molecule has 3 N–H and O–H groups in total. The molecule has 0 unspecified atom stereocenters. The molecule has 0 fully saturated rings. The first-order chi connectivity index (χ1) is 14.3. The van der Waals surface area contributed by atoms with Gasteiger partial charge in [0.2, 0.25) is 5.95 Å². The van der Waals surface area contributed by atoms with Crippen LogP contribution in [0.3, 0.4) is 0 Å². The Morgan fingerprint density at radius 1 is 1.30 bits per heavy atom. The lowest BCUT2D eigenvalue weighted by Gasteiger charge is -2.16. The minimum atomic E-state index is -0.927. The third kappa shape index (κ3) is 5.02. The molecule has 0 spiro atoms. The molecule has 162 valence electrons. The largest absolute Gasteiger partial charge is 0.491 e. The maximum atomic E-state index is 12.5. The number of halogens is 1. The molecule has 0 bridgehead atoms. The Bertz CT molecular complexity index is 1120. The Kier molecular flexibility index (Phi) is 6.80. The summed E-state index contributed by atoms with van der Waals surface area (Å²) in [5.41, 5.74) is -0.674. The predicted molar refractivity (Wildman–Crippen MR) is 116 cm³/mol. The first-order valence-corrected chi connectivity index (χ1v) is 9.78. The number of aryl methyl sites for hydroxylation is 1. The Labute approximate surface area is 177 Å². The number of benzene rings is 1. The summed E-state index contributed by atoms with van der Waals surface area (Å²) in [5, 5.41) is 14.3. The highest BCUT2D eigenvalue weighted by Gasteiger charge is 2.19. The number of nitrogens with zero attached hydrogens (tertiary/aromatic N) is 4. The van der Waals surface area contributed by atoms with Gasteiger partial charge in [-0.3, -0.25) is 14.3 Å². The molecule has 3 rings (SSSR count). The lowest BCUT2D eigenvalue weighted by Crippen LogP contribution is -2.31. The van der Waals surface area contributed by atoms with E-state index in [1.54, 1.807) is 28.8 Å². The van der Waals surface area contributed by atoms with Gasteiger partial charge in [0, 0.05) is 25.2 Å². The van der Waals surface area contributed by atoms with Crippen LogP contribution in [0.4, 0.5) is 5.95 Å². The van der Waals surface area contributed by atoms with Gasteiger partial charge >= 0.3 is 5.69 Å². The number of aromatic nitrogens is 4. The quantitative estimate of drug-likeness (QED) is 0.447. The lowest BCUT2D eigenvalue weighted by molar-refractivity contribution is 0.0938. The molecule has 3 aromatic rings. The van der Waals surface area contributed by atoms with Crippen LogP contribution in [0.5, 0.6) is 5.75 Å². The van der Waals surface area contributed by atoms with Crippen LogP contribution in [0.1, 0.15) is 0 Å². The number of aliphatic hydroxyl groups is 1. The highest BCUT2D eigenvalue weighted by Crippen LogP contribution is 2.18. The van der Waals surface area contributed by atoms with E-state index in [1.165, 1.54) is 11.6 Å². The number of aromatic amines is 1. The molecule has 0 saturated carbocycles. The van der Waals surface area contributed by atoms with Gasteiger partial charge in [0.25, 0.3) is 5.56 Å². The van der Waals surface area contributed by atoms with Crippen LogP contribution < -0.4 is 21.3 Å². The minimum Gasteiger partial charge on any atom is -0.491 e. The van der Waals surface area contributed by atoms with Crippen molar-refractivity contribution < 1.29 is 9.84 Å². The summed E-state index contributed by atoms with van der Waals surface area (Å²) in [7, 11) is 5.41. The van der Waals surface area contributed by atoms with Crippen LogP contribution >= 0.6 is 11.6 Å². The third-order valence-electron chi connectivity index (χ3n) is 4.50. The van der Waals surface area contributed by atoms with Crippen molar-refractivity contribution in [2.24, 2.45) is 7.05 Å². The van der Waals surface area contributed by atoms with E-state index in [0.29, 0.717) is 23.3 Å². The summed E-state index contributed by atoms with van der Waals surface area (Å²) >= 11 is 5.86. The number of aliphatic hydroxyl groups excluding tert-OH is 1. The second-order valence-corrected chi connectivity index (χ2v) is 7.62. The normalized spacial score (nSPS) is 12.5. The first kappa shape index (κ1) is 21.9. The zero-order chi connectivity index (χ0) is 21.8. The second-order valence-electron chi connectivity index (χ2n) is 7.19. The van der Waals surface area contributed by atoms with Crippen molar-refractivity contribution in [3.63, 3.8) is 0 Å². The Hall–Kier alpha value is -2.82. The molecule has 2 heterocycles. The van der Waals surface area contributed by atoms with Crippen molar-refractivity contribution in [2.45, 2.75) is 12.6 Å². The number of ether oxygens (including phenoxy) is 1. The maximum absolute atomic E-state index is 12.5. The number of hydrogen-bond acceptors (Lipinski definition) is 7. The molecule has 11 heteroatoms. The van der Waals surface area contributed by atoms with Gasteiger partial charge in [-0.1, -0.05) is 11.6 Å². The minimum absolute atomic E-state index is 0.00210. The average molecular weight is 437 g/mol. The zero-order valence-electron chi connectivity index (χ0n) is 17.1. The van der Waals surface area contributed by atoms with E-state index in [4.69, 9.17) is 16.3 Å². The molecule has 1 atom stereocenters. The van der Waals surface area contributed by atoms with E-state index < -0.39 is 17.4 Å². The first-order valence-electron chi connectivity index (χ1n) is 9.41. The molecular weight excluding hydrogens is 412 g/mol. The van der Waals surface area contributed by atoms with Crippen LogP contribution in [-0.2, 0) is 13.6 Å². The van der Waals surface area contributed by atoms with Crippen LogP contribution in [0, 0.1) is 0 Å². The summed E-state index contributed by atoms with van der Waals surface area (Å²) in [6, 6.07) is 6.80. The van der Waals surface area contributed by atoms with Crippen molar-refractivity contribution in [1.82, 2.24) is 24.0 Å². The van der Waals surface area contributed by atoms with Crippen LogP contribution in [0.25, 0.3) is 11.2 Å². The van der Waals surface area contributed by atoms with Gasteiger partial charge in [0.1, 0.15) is 18.5 Å². The van der Waals surface area contributed by atoms with Gasteiger partial charge in [-0.05, 0) is 38.4 Å². The molecule has 2 aromatic heterocycles. The molecule has 0 aliphatic carbocycles. The fourth-order valence-electron chi connectivity index (χ4n) is 2.93. The molecule has 1 aromatic carbocycles. The van der Waals surface area contributed by atoms with Crippen molar-refractivity contribution in [3.8, 4) is 5.75 Å². The summed E-state index contributed by atoms with van der Waals surface area (Å²) in [5.74, 6) is 0.961. The van der Waals surface area contributed by atoms with E-state index in [1.807, 2.05) is 19.0 Å². The number of rotatable bonds is 9. The van der Waals surface area contributed by atoms with Crippen molar-refractivity contribution in [1.29, 1.82) is 0 Å². The van der Waals surface area contributed by atoms with Crippen molar-refractivity contribution >= 4 is 28.7 Å². The standard InChI is InChI=1S/C19H25ClN6O4/c1-24(2)9-8-21-18-22-16-15(17(28)23-19(29)25(16)3)26(18)10-13(27)11-30-14-6-4-12(20)5-7-14/h4-7,13,27H,8-11H2,1-3H3,(H,21,22)(H,23,28,29)/t13-/m1/s1. The second kappa shape index (κ2) is 9.33. The smallest absolute Gasteiger partial charge is 0.329 e. The average Bonchev–Trinajstić information content (AvgIpc) is 3.04. The highest BCUT2D eigenvalue weighted by molar-refractivity contribution is 6.30. The fraction of sp³-hybridized carbons (Fsp3) is 0.421. The van der Waals surface area contributed by atoms with Crippen LogP contribution in [0.15, 0.2) is 33.9 Å². The third-order valence-corrected chi connectivity index (χ3v) is 4.75. The maximum Gasteiger partial charge on any atom is 0.329 e. The van der Waals surface area contributed by atoms with Gasteiger partial charge < -0.3 is 24.6 Å². The Balaban J connectivity index is 1.85. The predicted octanol–water partition coefficient (Wildman–Crippen LogP) is 0.490. The SMILES string of the molecule is CN(C)CCNc1nc2c(c(=O)[nH]c(=O)n2C)n1C[C@@H](O)COc1ccc(Cl)cc1. The number of likely N-dealkylation sites (N-methyl/N-ethyl adjacent to an activating group) is 1. The van der Waals surface area contributed by atoms with Gasteiger partial charge in [-0.2, -0.15) is 4.98 Å². The van der Waals surface area contributed by atoms with E-state index in [0.717, 1.165) is 6.54 Å². The Morgan fingerprint density at radius 2 is 2.00 bits per heavy atom. The van der Waals surface area contributed by atoms with Gasteiger partial charge in [-0.15, -0.1) is 0 Å². The summed E-state index contributed by atoms with van der Waals surface area (Å²) in [4.78, 5) is 33.1. The number of anilines is 1. The van der Waals surface area contributed by atoms with E-state index >= 15 is 0 Å². The van der Waals surface area contributed by atoms with E-state index in [9.17, 15) is 14.7 Å². The van der Waals surface area contributed by atoms with Crippen LogP contribution in [0.2, 0.25) is 5.02 Å². The summed E-state index contributed by atoms with van der Waals surface area (Å²) in [6.45, 7) is 1.36. The van der Waals surface area contributed by atoms with Crippen molar-refractivity contribution in [3.05, 3.63) is 50.1 Å². The molecule has 0 aliphatic heterocycles. The molecule has 0 amide bonds. The summed E-state index contributed by atoms with van der Waals surface area (Å²) < 4.78 is 8.43. The van der Waals surface area contributed by atoms with Gasteiger partial charge in [0.15, 0.2) is 11.2 Å². The van der Waals surface area contributed by atoms with Crippen LogP contribution in [-0.4, -0.2) is 69.0 Å². The van der Waals surface area contributed by atoms with Gasteiger partial charge in [0.05, 0.1) is 6.54 Å². The summed E-state index contributed by atoms with van der Waals surface area (Å²) in [6.07, 6.45) is -0.927. The number of fused-ring (bicyclic) bond motifs is 1. The Morgan fingerprint density at radius 3 is 2.67 bits per heavy atom. The molecule has 10 nitrogen and oxygen atoms in total. The molecule has 0 saturated heterocycles. The zero-order valence-corrected chi connectivity index (χ0v) is 17.8. The van der Waals surface area contributed by atoms with E-state index in [2.05, 4.69) is 15.3 Å². The number of nitrogens with one attached hydrogen (secondary N) is 2. The monoisotopic (exact) mass is 436 g/mol. The highest BCUT2D eigenvalue weighted by atomic mass is 35.5. The van der Waals surface area contributed by atoms with Crippen molar-refractivity contribution in [2.75, 3.05) is 39.1 Å². The number of H-pyrrole nitrogens is 1. The fourth-order valence-corrected chi connectivity index (χ4v) is 3.05. The lowest BCUT2D eigenvalue weighted by atomic mass is 10.3. The number of imidazole rings is 1. The molecule has 0 radical (unpaired) electrons. The number of hydrogen-bond donors (Lipinski definition) is 3. The molecule has 0 aliphatic rings.